The van der Waals surface area contributed by atoms with E-state index in [2.05, 4.69) is 0 Å². The molecule has 0 bridgehead atoms. The minimum atomic E-state index is -1.31. The van der Waals surface area contributed by atoms with Crippen LogP contribution in [0, 0.1) is 0 Å². The highest BCUT2D eigenvalue weighted by atomic mass is 16.7. The second-order valence-corrected chi connectivity index (χ2v) is 8.26. The second-order valence-electron chi connectivity index (χ2n) is 8.26. The number of rotatable bonds is 9. The van der Waals surface area contributed by atoms with Gasteiger partial charge in [-0.2, -0.15) is 10.1 Å². The monoisotopic (exact) mass is 412 g/mol. The molecule has 2 aliphatic rings. The number of aliphatic hydroxyl groups is 2. The standard InChI is InChI=1S/C24H32N2O4/c27-19-24(28,22-13-7-15-25(22)29-17-20-9-3-1-4-10-20)23-14-8-16-26(23)30-18-21-11-5-2-6-12-21/h1-6,9-12,22-23,27-28H,7-8,13-19H2. The lowest BCUT2D eigenvalue weighted by Crippen LogP contribution is -2.62. The van der Waals surface area contributed by atoms with E-state index in [-0.39, 0.29) is 18.7 Å². The highest BCUT2D eigenvalue weighted by Gasteiger charge is 2.52. The minimum Gasteiger partial charge on any atom is -0.393 e. The Morgan fingerprint density at radius 3 is 1.60 bits per heavy atom. The van der Waals surface area contributed by atoms with Gasteiger partial charge in [0.15, 0.2) is 0 Å². The molecule has 2 saturated heterocycles. The molecule has 2 aromatic carbocycles. The molecule has 6 heteroatoms. The quantitative estimate of drug-likeness (QED) is 0.660. The molecule has 2 N–H and O–H groups in total. The molecular weight excluding hydrogens is 380 g/mol. The fraction of sp³-hybridized carbons (Fsp3) is 0.500. The van der Waals surface area contributed by atoms with Crippen molar-refractivity contribution in [1.82, 2.24) is 10.1 Å². The Morgan fingerprint density at radius 2 is 1.20 bits per heavy atom. The summed E-state index contributed by atoms with van der Waals surface area (Å²) in [6, 6.07) is 19.5. The third-order valence-electron chi connectivity index (χ3n) is 6.29. The topological polar surface area (TPSA) is 65.4 Å². The summed E-state index contributed by atoms with van der Waals surface area (Å²) in [6.45, 7) is 2.09. The molecule has 2 heterocycles. The van der Waals surface area contributed by atoms with Gasteiger partial charge in [0.05, 0.1) is 31.9 Å². The molecule has 0 aromatic heterocycles. The molecule has 2 unspecified atom stereocenters. The van der Waals surface area contributed by atoms with Gasteiger partial charge in [0.1, 0.15) is 5.60 Å². The Hall–Kier alpha value is -1.80. The van der Waals surface area contributed by atoms with Crippen LogP contribution in [0.1, 0.15) is 36.8 Å². The molecule has 2 atom stereocenters. The summed E-state index contributed by atoms with van der Waals surface area (Å²) >= 11 is 0. The Morgan fingerprint density at radius 1 is 0.767 bits per heavy atom. The normalized spacial score (nSPS) is 24.9. The van der Waals surface area contributed by atoms with Crippen molar-refractivity contribution in [3.05, 3.63) is 71.8 Å². The van der Waals surface area contributed by atoms with Crippen LogP contribution < -0.4 is 0 Å². The average molecular weight is 413 g/mol. The molecule has 2 aromatic rings. The lowest BCUT2D eigenvalue weighted by molar-refractivity contribution is -0.267. The smallest absolute Gasteiger partial charge is 0.123 e. The number of hydrogen-bond acceptors (Lipinski definition) is 6. The predicted octanol–water partition coefficient (Wildman–Crippen LogP) is 2.90. The summed E-state index contributed by atoms with van der Waals surface area (Å²) in [7, 11) is 0. The van der Waals surface area contributed by atoms with Gasteiger partial charge in [-0.3, -0.25) is 9.68 Å². The largest absolute Gasteiger partial charge is 0.393 e. The van der Waals surface area contributed by atoms with Crippen molar-refractivity contribution >= 4 is 0 Å². The molecule has 2 aliphatic heterocycles. The first-order chi connectivity index (χ1) is 14.7. The Kier molecular flexibility index (Phi) is 7.15. The Balaban J connectivity index is 1.42. The van der Waals surface area contributed by atoms with E-state index in [9.17, 15) is 10.2 Å². The van der Waals surface area contributed by atoms with Gasteiger partial charge >= 0.3 is 0 Å². The van der Waals surface area contributed by atoms with Gasteiger partial charge in [-0.1, -0.05) is 60.7 Å². The first-order valence-corrected chi connectivity index (χ1v) is 10.9. The molecular formula is C24H32N2O4. The summed E-state index contributed by atoms with van der Waals surface area (Å²) in [5, 5.41) is 25.7. The van der Waals surface area contributed by atoms with Crippen molar-refractivity contribution in [3.8, 4) is 0 Å². The molecule has 0 amide bonds. The summed E-state index contributed by atoms with van der Waals surface area (Å²) in [5.74, 6) is 0. The second kappa shape index (κ2) is 10.0. The molecule has 0 saturated carbocycles. The van der Waals surface area contributed by atoms with E-state index in [1.54, 1.807) is 0 Å². The number of hydrogen-bond donors (Lipinski definition) is 2. The molecule has 162 valence electrons. The molecule has 2 fully saturated rings. The van der Waals surface area contributed by atoms with Crippen molar-refractivity contribution in [2.45, 2.75) is 56.6 Å². The van der Waals surface area contributed by atoms with Crippen LogP contribution in [0.25, 0.3) is 0 Å². The van der Waals surface area contributed by atoms with Crippen LogP contribution in [0.4, 0.5) is 0 Å². The number of hydroxylamine groups is 4. The molecule has 4 rings (SSSR count). The van der Waals surface area contributed by atoms with Gasteiger partial charge in [0.2, 0.25) is 0 Å². The van der Waals surface area contributed by atoms with Crippen LogP contribution in [0.3, 0.4) is 0 Å². The minimum absolute atomic E-state index is 0.267. The Labute approximate surface area is 178 Å². The number of aliphatic hydroxyl groups excluding tert-OH is 1. The third-order valence-corrected chi connectivity index (χ3v) is 6.29. The maximum Gasteiger partial charge on any atom is 0.123 e. The van der Waals surface area contributed by atoms with Crippen molar-refractivity contribution in [2.24, 2.45) is 0 Å². The molecule has 0 spiro atoms. The molecule has 30 heavy (non-hydrogen) atoms. The van der Waals surface area contributed by atoms with E-state index in [0.29, 0.717) is 13.2 Å². The van der Waals surface area contributed by atoms with Crippen molar-refractivity contribution in [3.63, 3.8) is 0 Å². The van der Waals surface area contributed by atoms with Crippen LogP contribution in [-0.4, -0.2) is 57.7 Å². The van der Waals surface area contributed by atoms with E-state index < -0.39 is 5.60 Å². The SMILES string of the molecule is OCC(O)(C1CCCN1OCc1ccccc1)C1CCCN1OCc1ccccc1. The maximum atomic E-state index is 11.7. The van der Waals surface area contributed by atoms with E-state index >= 15 is 0 Å². The zero-order chi connectivity index (χ0) is 20.8. The summed E-state index contributed by atoms with van der Waals surface area (Å²) in [6.07, 6.45) is 3.43. The zero-order valence-electron chi connectivity index (χ0n) is 17.4. The first-order valence-electron chi connectivity index (χ1n) is 10.9. The highest BCUT2D eigenvalue weighted by molar-refractivity contribution is 5.14. The van der Waals surface area contributed by atoms with Crippen LogP contribution in [0.5, 0.6) is 0 Å². The van der Waals surface area contributed by atoms with Crippen LogP contribution in [0.2, 0.25) is 0 Å². The maximum absolute atomic E-state index is 11.7. The molecule has 0 aliphatic carbocycles. The fourth-order valence-corrected chi connectivity index (χ4v) is 4.68. The summed E-state index contributed by atoms with van der Waals surface area (Å²) in [4.78, 5) is 12.2. The highest BCUT2D eigenvalue weighted by Crippen LogP contribution is 2.36. The fourth-order valence-electron chi connectivity index (χ4n) is 4.68. The van der Waals surface area contributed by atoms with Crippen LogP contribution >= 0.6 is 0 Å². The van der Waals surface area contributed by atoms with Crippen molar-refractivity contribution in [1.29, 1.82) is 0 Å². The number of benzene rings is 2. The van der Waals surface area contributed by atoms with Crippen molar-refractivity contribution in [2.75, 3.05) is 19.7 Å². The lowest BCUT2D eigenvalue weighted by atomic mass is 9.85. The zero-order valence-corrected chi connectivity index (χ0v) is 17.4. The number of nitrogens with zero attached hydrogens (tertiary/aromatic N) is 2. The Bertz CT molecular complexity index is 712. The third kappa shape index (κ3) is 4.75. The van der Waals surface area contributed by atoms with Crippen molar-refractivity contribution < 1.29 is 19.9 Å². The summed E-state index contributed by atoms with van der Waals surface area (Å²) in [5.41, 5.74) is 0.870. The van der Waals surface area contributed by atoms with Gasteiger partial charge in [0, 0.05) is 13.1 Å². The van der Waals surface area contributed by atoms with Crippen LogP contribution in [-0.2, 0) is 22.9 Å². The summed E-state index contributed by atoms with van der Waals surface area (Å²) < 4.78 is 0. The van der Waals surface area contributed by atoms with Gasteiger partial charge in [-0.15, -0.1) is 0 Å². The first kappa shape index (κ1) is 21.4. The lowest BCUT2D eigenvalue weighted by Gasteiger charge is -2.43. The van der Waals surface area contributed by atoms with Gasteiger partial charge < -0.3 is 10.2 Å². The predicted molar refractivity (Wildman–Crippen MR) is 114 cm³/mol. The van der Waals surface area contributed by atoms with E-state index in [4.69, 9.17) is 9.68 Å². The average Bonchev–Trinajstić information content (AvgIpc) is 3.47. The van der Waals surface area contributed by atoms with E-state index in [0.717, 1.165) is 49.9 Å². The van der Waals surface area contributed by atoms with Gasteiger partial charge in [-0.25, -0.2) is 0 Å². The van der Waals surface area contributed by atoms with Gasteiger partial charge in [0.25, 0.3) is 0 Å². The van der Waals surface area contributed by atoms with E-state index in [1.807, 2.05) is 70.8 Å². The van der Waals surface area contributed by atoms with Crippen LogP contribution in [0.15, 0.2) is 60.7 Å². The van der Waals surface area contributed by atoms with Gasteiger partial charge in [-0.05, 0) is 36.8 Å². The molecule has 0 radical (unpaired) electrons. The van der Waals surface area contributed by atoms with E-state index in [1.165, 1.54) is 0 Å². The molecule has 6 nitrogen and oxygen atoms in total.